The van der Waals surface area contributed by atoms with Gasteiger partial charge in [0.15, 0.2) is 6.29 Å². The molecule has 21 heavy (non-hydrogen) atoms. The first-order valence-electron chi connectivity index (χ1n) is 6.83. The second kappa shape index (κ2) is 4.07. The smallest absolute Gasteiger partial charge is 0.271 e. The fraction of sp³-hybridized carbons (Fsp3) is 0.250. The second-order valence-corrected chi connectivity index (χ2v) is 6.62. The van der Waals surface area contributed by atoms with E-state index in [-0.39, 0.29) is 11.4 Å². The topological polar surface area (TPSA) is 42.3 Å². The van der Waals surface area contributed by atoms with Gasteiger partial charge in [-0.2, -0.15) is 0 Å². The van der Waals surface area contributed by atoms with Crippen molar-refractivity contribution in [2.45, 2.75) is 18.4 Å². The Morgan fingerprint density at radius 1 is 1.29 bits per heavy atom. The predicted molar refractivity (Wildman–Crippen MR) is 81.9 cm³/mol. The monoisotopic (exact) mass is 344 g/mol. The largest absolute Gasteiger partial charge is 0.331 e. The van der Waals surface area contributed by atoms with E-state index in [1.54, 1.807) is 12.3 Å². The Morgan fingerprint density at radius 2 is 2.05 bits per heavy atom. The van der Waals surface area contributed by atoms with Crippen LogP contribution in [0.3, 0.4) is 0 Å². The van der Waals surface area contributed by atoms with Crippen molar-refractivity contribution in [1.82, 2.24) is 9.47 Å². The molecule has 0 radical (unpaired) electrons. The summed E-state index contributed by atoms with van der Waals surface area (Å²) in [5.74, 6) is -0.0343. The lowest BCUT2D eigenvalue weighted by molar-refractivity contribution is 0.0705. The highest BCUT2D eigenvalue weighted by Gasteiger charge is 2.53. The Kier molecular flexibility index (Phi) is 2.49. The highest BCUT2D eigenvalue weighted by atomic mass is 79.9. The third-order valence-electron chi connectivity index (χ3n) is 4.59. The Balaban J connectivity index is 2.08. The molecule has 0 unspecified atom stereocenters. The lowest BCUT2D eigenvalue weighted by atomic mass is 10.0. The Hall–Kier alpha value is -1.88. The lowest BCUT2D eigenvalue weighted by Gasteiger charge is -2.27. The molecule has 1 aromatic carbocycles. The Bertz CT molecular complexity index is 790. The van der Waals surface area contributed by atoms with Crippen LogP contribution in [0.5, 0.6) is 0 Å². The van der Waals surface area contributed by atoms with Gasteiger partial charge in [-0.25, -0.2) is 0 Å². The quantitative estimate of drug-likeness (QED) is 0.746. The van der Waals surface area contributed by atoms with Crippen LogP contribution >= 0.6 is 15.9 Å². The molecule has 1 aliphatic heterocycles. The van der Waals surface area contributed by atoms with Crippen molar-refractivity contribution in [3.8, 4) is 5.69 Å². The third kappa shape index (κ3) is 1.61. The highest BCUT2D eigenvalue weighted by Crippen LogP contribution is 2.54. The maximum absolute atomic E-state index is 12.8. The van der Waals surface area contributed by atoms with Crippen LogP contribution in [0.4, 0.5) is 0 Å². The first kappa shape index (κ1) is 12.8. The van der Waals surface area contributed by atoms with Crippen molar-refractivity contribution in [2.75, 3.05) is 7.05 Å². The molecule has 2 heterocycles. The number of aromatic nitrogens is 1. The van der Waals surface area contributed by atoms with Crippen LogP contribution in [-0.4, -0.2) is 28.7 Å². The van der Waals surface area contributed by atoms with Crippen LogP contribution in [0.25, 0.3) is 5.69 Å². The van der Waals surface area contributed by atoms with Gasteiger partial charge in [0.05, 0.1) is 11.2 Å². The number of amides is 1. The number of carbonyl (C=O) groups excluding carboxylic acids is 2. The predicted octanol–water partition coefficient (Wildman–Crippen LogP) is 3.13. The summed E-state index contributed by atoms with van der Waals surface area (Å²) in [6, 6.07) is 7.76. The minimum atomic E-state index is -0.187. The average Bonchev–Trinajstić information content (AvgIpc) is 3.18. The number of halogens is 1. The zero-order valence-electron chi connectivity index (χ0n) is 11.5. The summed E-state index contributed by atoms with van der Waals surface area (Å²) in [6.45, 7) is 0. The fourth-order valence-electron chi connectivity index (χ4n) is 3.28. The second-order valence-electron chi connectivity index (χ2n) is 5.70. The van der Waals surface area contributed by atoms with Crippen LogP contribution in [-0.2, 0) is 5.54 Å². The average molecular weight is 345 g/mol. The zero-order valence-corrected chi connectivity index (χ0v) is 13.1. The van der Waals surface area contributed by atoms with E-state index >= 15 is 0 Å². The van der Waals surface area contributed by atoms with Gasteiger partial charge in [-0.1, -0.05) is 22.0 Å². The third-order valence-corrected chi connectivity index (χ3v) is 5.08. The van der Waals surface area contributed by atoms with E-state index in [0.717, 1.165) is 34.9 Å². The van der Waals surface area contributed by atoms with E-state index in [1.165, 1.54) is 0 Å². The first-order valence-corrected chi connectivity index (χ1v) is 7.62. The number of hydrogen-bond acceptors (Lipinski definition) is 2. The maximum Gasteiger partial charge on any atom is 0.271 e. The van der Waals surface area contributed by atoms with Crippen LogP contribution in [0.2, 0.25) is 0 Å². The van der Waals surface area contributed by atoms with E-state index in [9.17, 15) is 9.59 Å². The molecule has 4 nitrogen and oxygen atoms in total. The molecule has 1 aromatic heterocycles. The van der Waals surface area contributed by atoms with Crippen LogP contribution < -0.4 is 0 Å². The molecule has 0 N–H and O–H groups in total. The van der Waals surface area contributed by atoms with Crippen molar-refractivity contribution >= 4 is 28.1 Å². The number of fused-ring (bicyclic) bond motifs is 4. The molecule has 2 aromatic rings. The molecule has 106 valence electrons. The molecule has 1 spiro atoms. The van der Waals surface area contributed by atoms with Gasteiger partial charge in [-0.15, -0.1) is 0 Å². The van der Waals surface area contributed by atoms with Crippen molar-refractivity contribution in [2.24, 2.45) is 0 Å². The van der Waals surface area contributed by atoms with Gasteiger partial charge in [0.25, 0.3) is 5.91 Å². The van der Waals surface area contributed by atoms with E-state index in [2.05, 4.69) is 22.0 Å². The molecule has 1 aliphatic carbocycles. The van der Waals surface area contributed by atoms with Crippen molar-refractivity contribution < 1.29 is 9.59 Å². The summed E-state index contributed by atoms with van der Waals surface area (Å²) in [5.41, 5.74) is 3.00. The van der Waals surface area contributed by atoms with Gasteiger partial charge in [-0.3, -0.25) is 9.59 Å². The van der Waals surface area contributed by atoms with Crippen molar-refractivity contribution in [1.29, 1.82) is 0 Å². The zero-order chi connectivity index (χ0) is 14.8. The fourth-order valence-corrected chi connectivity index (χ4v) is 3.63. The normalized spacial score (nSPS) is 18.2. The molecule has 1 amide bonds. The molecular weight excluding hydrogens is 332 g/mol. The molecule has 0 atom stereocenters. The van der Waals surface area contributed by atoms with Crippen LogP contribution in [0.1, 0.15) is 39.3 Å². The van der Waals surface area contributed by atoms with E-state index in [4.69, 9.17) is 0 Å². The summed E-state index contributed by atoms with van der Waals surface area (Å²) >= 11 is 3.50. The number of benzene rings is 1. The lowest BCUT2D eigenvalue weighted by Crippen LogP contribution is -2.36. The summed E-state index contributed by atoms with van der Waals surface area (Å²) in [5, 5.41) is 0. The summed E-state index contributed by atoms with van der Waals surface area (Å²) in [4.78, 5) is 25.6. The van der Waals surface area contributed by atoms with Gasteiger partial charge >= 0.3 is 0 Å². The first-order chi connectivity index (χ1) is 10.1. The number of nitrogens with zero attached hydrogens (tertiary/aromatic N) is 2. The molecule has 2 aliphatic rings. The van der Waals surface area contributed by atoms with Gasteiger partial charge in [0.1, 0.15) is 5.69 Å². The van der Waals surface area contributed by atoms with Crippen LogP contribution in [0, 0.1) is 0 Å². The van der Waals surface area contributed by atoms with Gasteiger partial charge in [0.2, 0.25) is 0 Å². The standard InChI is InChI=1S/C16H13BrN2O2/c1-18-15(21)14-6-10(9-20)8-19(14)13-7-11(17)2-3-12(13)16(18)4-5-16/h2-3,6-9H,4-5H2,1H3. The summed E-state index contributed by atoms with van der Waals surface area (Å²) in [7, 11) is 1.85. The number of hydrogen-bond donors (Lipinski definition) is 0. The number of rotatable bonds is 1. The molecule has 0 bridgehead atoms. The van der Waals surface area contributed by atoms with E-state index in [0.29, 0.717) is 11.3 Å². The molecule has 4 rings (SSSR count). The maximum atomic E-state index is 12.8. The molecule has 1 fully saturated rings. The van der Waals surface area contributed by atoms with Crippen molar-refractivity contribution in [3.63, 3.8) is 0 Å². The molecule has 5 heteroatoms. The van der Waals surface area contributed by atoms with Gasteiger partial charge < -0.3 is 9.47 Å². The van der Waals surface area contributed by atoms with Gasteiger partial charge in [-0.05, 0) is 31.0 Å². The molecule has 0 saturated heterocycles. The summed E-state index contributed by atoms with van der Waals surface area (Å²) < 4.78 is 2.80. The molecule has 1 saturated carbocycles. The summed E-state index contributed by atoms with van der Waals surface area (Å²) in [6.07, 6.45) is 4.48. The van der Waals surface area contributed by atoms with E-state index in [1.807, 2.05) is 28.6 Å². The van der Waals surface area contributed by atoms with Gasteiger partial charge in [0, 0.05) is 28.8 Å². The van der Waals surface area contributed by atoms with Crippen molar-refractivity contribution in [3.05, 3.63) is 51.8 Å². The minimum absolute atomic E-state index is 0.0343. The minimum Gasteiger partial charge on any atom is -0.331 e. The molecular formula is C16H13BrN2O2. The van der Waals surface area contributed by atoms with E-state index < -0.39 is 0 Å². The van der Waals surface area contributed by atoms with Crippen LogP contribution in [0.15, 0.2) is 34.9 Å². The highest BCUT2D eigenvalue weighted by molar-refractivity contribution is 9.10. The Labute approximate surface area is 130 Å². The SMILES string of the molecule is CN1C(=O)c2cc(C=O)cn2-c2cc(Br)ccc2C12CC2. The number of carbonyl (C=O) groups is 2. The Morgan fingerprint density at radius 3 is 2.71 bits per heavy atom. The number of aldehydes is 1.